The Hall–Kier alpha value is -1.32. The smallest absolute Gasteiger partial charge is 0.387 e. The zero-order valence-corrected chi connectivity index (χ0v) is 5.63. The molecule has 0 fully saturated rings. The van der Waals surface area contributed by atoms with E-state index in [1.165, 1.54) is 12.1 Å². The van der Waals surface area contributed by atoms with E-state index in [4.69, 9.17) is 5.73 Å². The fourth-order valence-corrected chi connectivity index (χ4v) is 0.684. The number of ether oxygens (including phenoxy) is 1. The number of benzene rings is 1. The average Bonchev–Trinajstić information content (AvgIpc) is 1.93. The number of rotatable bonds is 2. The molecule has 0 amide bonds. The van der Waals surface area contributed by atoms with E-state index in [2.05, 4.69) is 4.74 Å². The lowest BCUT2D eigenvalue weighted by atomic mass is 10.3. The van der Waals surface area contributed by atoms with Crippen molar-refractivity contribution in [3.8, 4) is 5.75 Å². The SMILES string of the molecule is Nc1ccccc1OC(F)F. The van der Waals surface area contributed by atoms with Gasteiger partial charge in [-0.05, 0) is 12.1 Å². The van der Waals surface area contributed by atoms with Crippen molar-refractivity contribution in [3.63, 3.8) is 0 Å². The van der Waals surface area contributed by atoms with Crippen LogP contribution < -0.4 is 10.5 Å². The van der Waals surface area contributed by atoms with Gasteiger partial charge in [0.15, 0.2) is 0 Å². The van der Waals surface area contributed by atoms with Crippen LogP contribution in [0.2, 0.25) is 0 Å². The normalized spacial score (nSPS) is 10.1. The molecule has 60 valence electrons. The molecule has 0 saturated heterocycles. The highest BCUT2D eigenvalue weighted by molar-refractivity contribution is 5.51. The third kappa shape index (κ3) is 2.07. The van der Waals surface area contributed by atoms with E-state index in [-0.39, 0.29) is 11.4 Å². The minimum Gasteiger partial charge on any atom is -0.433 e. The van der Waals surface area contributed by atoms with Gasteiger partial charge in [-0.15, -0.1) is 0 Å². The van der Waals surface area contributed by atoms with Crippen LogP contribution in [0, 0.1) is 0 Å². The Kier molecular flexibility index (Phi) is 2.25. The lowest BCUT2D eigenvalue weighted by Crippen LogP contribution is -2.03. The van der Waals surface area contributed by atoms with Crippen LogP contribution in [0.1, 0.15) is 0 Å². The summed E-state index contributed by atoms with van der Waals surface area (Å²) >= 11 is 0. The summed E-state index contributed by atoms with van der Waals surface area (Å²) in [6.07, 6.45) is 0. The fourth-order valence-electron chi connectivity index (χ4n) is 0.684. The molecule has 0 bridgehead atoms. The van der Waals surface area contributed by atoms with E-state index in [0.717, 1.165) is 0 Å². The van der Waals surface area contributed by atoms with Crippen LogP contribution in [0.25, 0.3) is 0 Å². The number of alkyl halides is 2. The summed E-state index contributed by atoms with van der Waals surface area (Å²) < 4.78 is 27.3. The zero-order chi connectivity index (χ0) is 8.27. The van der Waals surface area contributed by atoms with Gasteiger partial charge in [0.1, 0.15) is 5.75 Å². The van der Waals surface area contributed by atoms with Gasteiger partial charge in [-0.25, -0.2) is 0 Å². The van der Waals surface area contributed by atoms with Crippen LogP contribution in [0.4, 0.5) is 14.5 Å². The Morgan fingerprint density at radius 1 is 1.27 bits per heavy atom. The number of para-hydroxylation sites is 2. The second-order valence-corrected chi connectivity index (χ2v) is 1.92. The minimum atomic E-state index is -2.82. The minimum absolute atomic E-state index is 0.0162. The summed E-state index contributed by atoms with van der Waals surface area (Å²) in [6.45, 7) is -2.82. The molecule has 0 atom stereocenters. The standard InChI is InChI=1S/C7H7F2NO/c8-7(9)11-6-4-2-1-3-5(6)10/h1-4,7H,10H2. The third-order valence-corrected chi connectivity index (χ3v) is 1.14. The molecule has 0 radical (unpaired) electrons. The Bertz CT molecular complexity index is 240. The maximum absolute atomic E-state index is 11.6. The van der Waals surface area contributed by atoms with Crippen molar-refractivity contribution in [3.05, 3.63) is 24.3 Å². The summed E-state index contributed by atoms with van der Waals surface area (Å²) in [6, 6.07) is 6.11. The van der Waals surface area contributed by atoms with Gasteiger partial charge >= 0.3 is 6.61 Å². The van der Waals surface area contributed by atoms with E-state index < -0.39 is 6.61 Å². The molecule has 0 saturated carbocycles. The topological polar surface area (TPSA) is 35.2 Å². The van der Waals surface area contributed by atoms with Crippen molar-refractivity contribution in [1.82, 2.24) is 0 Å². The molecule has 0 unspecified atom stereocenters. The quantitative estimate of drug-likeness (QED) is 0.668. The molecule has 2 nitrogen and oxygen atoms in total. The van der Waals surface area contributed by atoms with Crippen molar-refractivity contribution in [1.29, 1.82) is 0 Å². The fraction of sp³-hybridized carbons (Fsp3) is 0.143. The molecule has 11 heavy (non-hydrogen) atoms. The summed E-state index contributed by atoms with van der Waals surface area (Å²) in [5, 5.41) is 0. The highest BCUT2D eigenvalue weighted by Gasteiger charge is 2.05. The summed E-state index contributed by atoms with van der Waals surface area (Å²) in [7, 11) is 0. The molecule has 0 aliphatic heterocycles. The molecule has 0 heterocycles. The largest absolute Gasteiger partial charge is 0.433 e. The summed E-state index contributed by atoms with van der Waals surface area (Å²) in [5.41, 5.74) is 5.53. The number of anilines is 1. The Morgan fingerprint density at radius 2 is 1.91 bits per heavy atom. The van der Waals surface area contributed by atoms with Crippen LogP contribution >= 0.6 is 0 Å². The van der Waals surface area contributed by atoms with Gasteiger partial charge in [0.2, 0.25) is 0 Å². The number of nitrogens with two attached hydrogens (primary N) is 1. The first-order chi connectivity index (χ1) is 5.20. The molecular formula is C7H7F2NO. The predicted molar refractivity (Wildman–Crippen MR) is 37.5 cm³/mol. The van der Waals surface area contributed by atoms with Crippen molar-refractivity contribution in [2.24, 2.45) is 0 Å². The van der Waals surface area contributed by atoms with Gasteiger partial charge < -0.3 is 10.5 Å². The Labute approximate surface area is 62.6 Å². The average molecular weight is 159 g/mol. The molecular weight excluding hydrogens is 152 g/mol. The van der Waals surface area contributed by atoms with E-state index >= 15 is 0 Å². The number of hydrogen-bond acceptors (Lipinski definition) is 2. The first kappa shape index (κ1) is 7.78. The van der Waals surface area contributed by atoms with Gasteiger partial charge in [0.25, 0.3) is 0 Å². The van der Waals surface area contributed by atoms with Crippen molar-refractivity contribution >= 4 is 5.69 Å². The molecule has 0 aliphatic carbocycles. The van der Waals surface area contributed by atoms with Crippen LogP contribution in [-0.4, -0.2) is 6.61 Å². The molecule has 4 heteroatoms. The second kappa shape index (κ2) is 3.18. The van der Waals surface area contributed by atoms with Crippen LogP contribution in [0.15, 0.2) is 24.3 Å². The first-order valence-corrected chi connectivity index (χ1v) is 2.99. The van der Waals surface area contributed by atoms with Crippen molar-refractivity contribution in [2.45, 2.75) is 6.61 Å². The van der Waals surface area contributed by atoms with Crippen LogP contribution in [-0.2, 0) is 0 Å². The van der Waals surface area contributed by atoms with E-state index in [1.54, 1.807) is 12.1 Å². The maximum Gasteiger partial charge on any atom is 0.387 e. The molecule has 0 aromatic heterocycles. The number of nitrogen functional groups attached to an aromatic ring is 1. The van der Waals surface area contributed by atoms with Crippen LogP contribution in [0.5, 0.6) is 5.75 Å². The lowest BCUT2D eigenvalue weighted by Gasteiger charge is -2.05. The van der Waals surface area contributed by atoms with Gasteiger partial charge in [-0.1, -0.05) is 12.1 Å². The third-order valence-electron chi connectivity index (χ3n) is 1.14. The molecule has 1 rings (SSSR count). The zero-order valence-electron chi connectivity index (χ0n) is 5.63. The molecule has 1 aromatic carbocycles. The van der Waals surface area contributed by atoms with E-state index in [9.17, 15) is 8.78 Å². The number of hydrogen-bond donors (Lipinski definition) is 1. The van der Waals surface area contributed by atoms with Crippen molar-refractivity contribution < 1.29 is 13.5 Å². The van der Waals surface area contributed by atoms with E-state index in [1.807, 2.05) is 0 Å². The second-order valence-electron chi connectivity index (χ2n) is 1.92. The Balaban J connectivity index is 2.78. The summed E-state index contributed by atoms with van der Waals surface area (Å²) in [4.78, 5) is 0. The molecule has 0 aliphatic rings. The molecule has 0 spiro atoms. The Morgan fingerprint density at radius 3 is 2.45 bits per heavy atom. The molecule has 1 aromatic rings. The first-order valence-electron chi connectivity index (χ1n) is 2.99. The highest BCUT2D eigenvalue weighted by atomic mass is 19.3. The number of halogens is 2. The van der Waals surface area contributed by atoms with Gasteiger partial charge in [-0.2, -0.15) is 8.78 Å². The monoisotopic (exact) mass is 159 g/mol. The maximum atomic E-state index is 11.6. The highest BCUT2D eigenvalue weighted by Crippen LogP contribution is 2.21. The predicted octanol–water partition coefficient (Wildman–Crippen LogP) is 1.87. The lowest BCUT2D eigenvalue weighted by molar-refractivity contribution is -0.0493. The van der Waals surface area contributed by atoms with Crippen LogP contribution in [0.3, 0.4) is 0 Å². The summed E-state index contributed by atoms with van der Waals surface area (Å²) in [5.74, 6) is 0.0162. The van der Waals surface area contributed by atoms with Gasteiger partial charge in [-0.3, -0.25) is 0 Å². The van der Waals surface area contributed by atoms with E-state index in [0.29, 0.717) is 0 Å². The van der Waals surface area contributed by atoms with Crippen molar-refractivity contribution in [2.75, 3.05) is 5.73 Å². The molecule has 2 N–H and O–H groups in total. The van der Waals surface area contributed by atoms with Gasteiger partial charge in [0, 0.05) is 0 Å². The van der Waals surface area contributed by atoms with Gasteiger partial charge in [0.05, 0.1) is 5.69 Å².